The summed E-state index contributed by atoms with van der Waals surface area (Å²) in [4.78, 5) is 6.26. The van der Waals surface area contributed by atoms with Crippen molar-refractivity contribution >= 4 is 12.2 Å². The van der Waals surface area contributed by atoms with Crippen LogP contribution in [0.25, 0.3) is 0 Å². The number of allylic oxidation sites excluding steroid dienone is 3. The predicted molar refractivity (Wildman–Crippen MR) is 76.4 cm³/mol. The van der Waals surface area contributed by atoms with E-state index in [9.17, 15) is 0 Å². The molecule has 0 aromatic heterocycles. The van der Waals surface area contributed by atoms with Gasteiger partial charge in [0, 0.05) is 26.3 Å². The average Bonchev–Trinajstić information content (AvgIpc) is 2.42. The Balaban J connectivity index is 2.65. The highest BCUT2D eigenvalue weighted by Gasteiger charge is 2.19. The first-order valence-electron chi connectivity index (χ1n) is 6.50. The quantitative estimate of drug-likeness (QED) is 0.462. The zero-order valence-electron chi connectivity index (χ0n) is 11.3. The fourth-order valence-electron chi connectivity index (χ4n) is 1.93. The fraction of sp³-hybridized carbons (Fsp3) is 0.571. The topological polar surface area (TPSA) is 48.7 Å². The predicted octanol–water partition coefficient (Wildman–Crippen LogP) is 2.63. The van der Waals surface area contributed by atoms with Crippen LogP contribution in [-0.4, -0.2) is 43.4 Å². The summed E-state index contributed by atoms with van der Waals surface area (Å²) in [5.41, 5.74) is 0. The monoisotopic (exact) mass is 249 g/mol. The van der Waals surface area contributed by atoms with Crippen molar-refractivity contribution in [2.45, 2.75) is 32.2 Å². The van der Waals surface area contributed by atoms with Crippen LogP contribution in [-0.2, 0) is 4.74 Å². The summed E-state index contributed by atoms with van der Waals surface area (Å²) in [6.45, 7) is 3.73. The molecule has 0 saturated carbocycles. The van der Waals surface area contributed by atoms with Crippen molar-refractivity contribution in [3.05, 3.63) is 24.3 Å². The first-order chi connectivity index (χ1) is 8.79. The van der Waals surface area contributed by atoms with Crippen molar-refractivity contribution in [2.24, 2.45) is 4.99 Å². The molecule has 4 heteroatoms. The number of hydrogen-bond donors (Lipinski definition) is 1. The zero-order chi connectivity index (χ0) is 13.2. The minimum Gasteiger partial charge on any atom is -0.381 e. The van der Waals surface area contributed by atoms with Crippen molar-refractivity contribution in [3.8, 4) is 0 Å². The van der Waals surface area contributed by atoms with Crippen LogP contribution in [0.4, 0.5) is 0 Å². The Morgan fingerprint density at radius 3 is 2.72 bits per heavy atom. The Bertz CT molecular complexity index is 328. The van der Waals surface area contributed by atoms with E-state index in [1.54, 1.807) is 0 Å². The number of amidine groups is 1. The normalized spacial score (nSPS) is 18.7. The molecule has 0 atom stereocenters. The molecule has 0 aromatic rings. The van der Waals surface area contributed by atoms with Crippen molar-refractivity contribution in [1.29, 1.82) is 5.41 Å². The second-order valence-corrected chi connectivity index (χ2v) is 4.27. The number of nitrogens with one attached hydrogen (secondary N) is 1. The van der Waals surface area contributed by atoms with Crippen LogP contribution < -0.4 is 0 Å². The fourth-order valence-corrected chi connectivity index (χ4v) is 1.93. The van der Waals surface area contributed by atoms with Crippen LogP contribution in [0, 0.1) is 5.41 Å². The second-order valence-electron chi connectivity index (χ2n) is 4.27. The maximum absolute atomic E-state index is 7.14. The van der Waals surface area contributed by atoms with Crippen LogP contribution in [0.3, 0.4) is 0 Å². The van der Waals surface area contributed by atoms with E-state index >= 15 is 0 Å². The second kappa shape index (κ2) is 8.64. The molecule has 18 heavy (non-hydrogen) atoms. The Morgan fingerprint density at radius 1 is 1.39 bits per heavy atom. The molecular formula is C14H23N3O. The van der Waals surface area contributed by atoms with Crippen molar-refractivity contribution in [2.75, 3.05) is 20.3 Å². The summed E-state index contributed by atoms with van der Waals surface area (Å²) >= 11 is 0. The largest absolute Gasteiger partial charge is 0.381 e. The third-order valence-electron chi connectivity index (χ3n) is 3.02. The third-order valence-corrected chi connectivity index (χ3v) is 3.02. The van der Waals surface area contributed by atoms with E-state index < -0.39 is 0 Å². The molecule has 1 heterocycles. The van der Waals surface area contributed by atoms with E-state index in [2.05, 4.69) is 22.9 Å². The summed E-state index contributed by atoms with van der Waals surface area (Å²) in [5, 5.41) is 7.14. The zero-order valence-corrected chi connectivity index (χ0v) is 11.3. The van der Waals surface area contributed by atoms with E-state index in [4.69, 9.17) is 10.1 Å². The van der Waals surface area contributed by atoms with Crippen LogP contribution >= 0.6 is 0 Å². The molecule has 0 spiro atoms. The Kier molecular flexibility index (Phi) is 7.03. The van der Waals surface area contributed by atoms with Crippen molar-refractivity contribution in [3.63, 3.8) is 0 Å². The van der Waals surface area contributed by atoms with Crippen molar-refractivity contribution in [1.82, 2.24) is 4.90 Å². The van der Waals surface area contributed by atoms with E-state index in [1.165, 1.54) is 0 Å². The molecule has 4 nitrogen and oxygen atoms in total. The van der Waals surface area contributed by atoms with Crippen molar-refractivity contribution < 1.29 is 4.74 Å². The maximum atomic E-state index is 7.14. The van der Waals surface area contributed by atoms with Gasteiger partial charge < -0.3 is 9.64 Å². The van der Waals surface area contributed by atoms with Crippen LogP contribution in [0.1, 0.15) is 26.2 Å². The molecule has 0 bridgehead atoms. The highest BCUT2D eigenvalue weighted by Crippen LogP contribution is 2.13. The van der Waals surface area contributed by atoms with Gasteiger partial charge in [-0.25, -0.2) is 4.99 Å². The van der Waals surface area contributed by atoms with Gasteiger partial charge in [-0.1, -0.05) is 25.2 Å². The minimum atomic E-state index is 0.456. The lowest BCUT2D eigenvalue weighted by Gasteiger charge is -2.32. The SMILES string of the molecule is CC/C=C/C=C/C(=NC=N)N(C)C1CCOCC1. The summed E-state index contributed by atoms with van der Waals surface area (Å²) in [6.07, 6.45) is 12.2. The smallest absolute Gasteiger partial charge is 0.130 e. The van der Waals surface area contributed by atoms with E-state index in [0.29, 0.717) is 6.04 Å². The highest BCUT2D eigenvalue weighted by molar-refractivity contribution is 5.97. The molecule has 1 N–H and O–H groups in total. The van der Waals surface area contributed by atoms with Gasteiger partial charge in [-0.2, -0.15) is 0 Å². The molecular weight excluding hydrogens is 226 g/mol. The Labute approximate surface area is 110 Å². The molecule has 0 unspecified atom stereocenters. The van der Waals surface area contributed by atoms with Gasteiger partial charge in [-0.15, -0.1) is 0 Å². The van der Waals surface area contributed by atoms with Gasteiger partial charge in [0.05, 0.1) is 0 Å². The summed E-state index contributed by atoms with van der Waals surface area (Å²) < 4.78 is 5.36. The first-order valence-corrected chi connectivity index (χ1v) is 6.50. The minimum absolute atomic E-state index is 0.456. The molecule has 1 fully saturated rings. The van der Waals surface area contributed by atoms with Crippen LogP contribution in [0.2, 0.25) is 0 Å². The number of likely N-dealkylation sites (N-methyl/N-ethyl adjacent to an activating group) is 1. The lowest BCUT2D eigenvalue weighted by Crippen LogP contribution is -2.40. The van der Waals surface area contributed by atoms with Gasteiger partial charge in [0.25, 0.3) is 0 Å². The number of nitrogens with zero attached hydrogens (tertiary/aromatic N) is 2. The Morgan fingerprint density at radius 2 is 2.11 bits per heavy atom. The highest BCUT2D eigenvalue weighted by atomic mass is 16.5. The standard InChI is InChI=1S/C14H23N3O/c1-3-4-5-6-7-14(16-12-15)17(2)13-8-10-18-11-9-13/h4-7,12-13,15H,3,8-11H2,1-2H3/b5-4+,7-6+,15-12?,16-14?. The number of ether oxygens (including phenoxy) is 1. The summed E-state index contributed by atoms with van der Waals surface area (Å²) in [5.74, 6) is 0.831. The average molecular weight is 249 g/mol. The number of hydrogen-bond acceptors (Lipinski definition) is 2. The molecule has 1 rings (SSSR count). The molecule has 0 aromatic carbocycles. The van der Waals surface area contributed by atoms with E-state index in [-0.39, 0.29) is 0 Å². The Hall–Kier alpha value is -1.42. The van der Waals surface area contributed by atoms with Gasteiger partial charge in [0.2, 0.25) is 0 Å². The third kappa shape index (κ3) is 4.84. The molecule has 0 aliphatic carbocycles. The van der Waals surface area contributed by atoms with Gasteiger partial charge in [-0.05, 0) is 25.3 Å². The van der Waals surface area contributed by atoms with Gasteiger partial charge >= 0.3 is 0 Å². The molecule has 1 saturated heterocycles. The van der Waals surface area contributed by atoms with E-state index in [0.717, 1.165) is 44.7 Å². The lowest BCUT2D eigenvalue weighted by molar-refractivity contribution is 0.0608. The van der Waals surface area contributed by atoms with Gasteiger partial charge in [-0.3, -0.25) is 5.41 Å². The molecule has 1 aliphatic rings. The summed E-state index contributed by atoms with van der Waals surface area (Å²) in [6, 6.07) is 0.456. The lowest BCUT2D eigenvalue weighted by atomic mass is 10.1. The van der Waals surface area contributed by atoms with Gasteiger partial charge in [0.1, 0.15) is 12.2 Å². The van der Waals surface area contributed by atoms with Crippen LogP contribution in [0.5, 0.6) is 0 Å². The number of rotatable bonds is 5. The van der Waals surface area contributed by atoms with Crippen LogP contribution in [0.15, 0.2) is 29.3 Å². The number of aliphatic imine (C=N–C) groups is 1. The van der Waals surface area contributed by atoms with Gasteiger partial charge in [0.15, 0.2) is 0 Å². The molecule has 100 valence electrons. The molecule has 0 radical (unpaired) electrons. The first kappa shape index (κ1) is 14.6. The molecule has 1 aliphatic heterocycles. The van der Waals surface area contributed by atoms with E-state index in [1.807, 2.05) is 25.3 Å². The maximum Gasteiger partial charge on any atom is 0.130 e. The molecule has 0 amide bonds. The summed E-state index contributed by atoms with van der Waals surface area (Å²) in [7, 11) is 2.03.